The van der Waals surface area contributed by atoms with Crippen molar-refractivity contribution >= 4 is 23.2 Å². The van der Waals surface area contributed by atoms with Crippen molar-refractivity contribution in [2.45, 2.75) is 12.6 Å². The zero-order valence-corrected chi connectivity index (χ0v) is 16.2. The molecule has 3 aromatic rings. The number of methoxy groups -OCH3 is 1. The summed E-state index contributed by atoms with van der Waals surface area (Å²) in [7, 11) is -2.96. The number of halogens is 5. The van der Waals surface area contributed by atoms with Crippen molar-refractivity contribution < 1.29 is 31.2 Å². The average molecular weight is 458 g/mol. The number of amides is 1. The number of carbonyl (C=O) groups is 1. The van der Waals surface area contributed by atoms with Gasteiger partial charge in [-0.2, -0.15) is 13.2 Å². The van der Waals surface area contributed by atoms with E-state index in [0.29, 0.717) is 6.07 Å². The van der Waals surface area contributed by atoms with Crippen molar-refractivity contribution in [2.75, 3.05) is 12.4 Å². The summed E-state index contributed by atoms with van der Waals surface area (Å²) in [5.41, 5.74) is -2.14. The lowest BCUT2D eigenvalue weighted by Gasteiger charge is -2.17. The summed E-state index contributed by atoms with van der Waals surface area (Å²) in [6.07, 6.45) is -4.02. The number of alkyl halides is 3. The molecular formula is C21H15ClF4N2O3. The lowest BCUT2D eigenvalue weighted by Crippen LogP contribution is -2.18. The summed E-state index contributed by atoms with van der Waals surface area (Å²) in [6.45, 7) is 0. The van der Waals surface area contributed by atoms with E-state index in [2.05, 4.69) is 10.3 Å². The van der Waals surface area contributed by atoms with Gasteiger partial charge in [-0.05, 0) is 35.4 Å². The largest absolute Gasteiger partial charge is 0.496 e. The molecule has 0 bridgehead atoms. The van der Waals surface area contributed by atoms with Crippen LogP contribution in [-0.2, 0) is 12.6 Å². The normalized spacial score (nSPS) is 13.1. The average Bonchev–Trinajstić information content (AvgIpc) is 2.68. The second-order valence-corrected chi connectivity index (χ2v) is 6.82. The zero-order chi connectivity index (χ0) is 25.3. The van der Waals surface area contributed by atoms with Gasteiger partial charge in [-0.25, -0.2) is 4.39 Å². The van der Waals surface area contributed by atoms with E-state index in [1.807, 2.05) is 0 Å². The molecule has 31 heavy (non-hydrogen) atoms. The third kappa shape index (κ3) is 5.24. The minimum absolute atomic E-state index is 0.0122. The van der Waals surface area contributed by atoms with E-state index in [1.165, 1.54) is 12.3 Å². The molecule has 0 aliphatic heterocycles. The van der Waals surface area contributed by atoms with Gasteiger partial charge in [-0.1, -0.05) is 17.7 Å². The van der Waals surface area contributed by atoms with Crippen LogP contribution in [0.3, 0.4) is 0 Å². The van der Waals surface area contributed by atoms with Crippen molar-refractivity contribution in [1.29, 1.82) is 0 Å². The van der Waals surface area contributed by atoms with E-state index in [-0.39, 0.29) is 22.4 Å². The van der Waals surface area contributed by atoms with Crippen LogP contribution in [0.2, 0.25) is 5.02 Å². The van der Waals surface area contributed by atoms with Crippen LogP contribution in [0.5, 0.6) is 5.75 Å². The number of anilines is 1. The maximum absolute atomic E-state index is 13.7. The van der Waals surface area contributed by atoms with E-state index in [9.17, 15) is 27.2 Å². The smallest absolute Gasteiger partial charge is 0.417 e. The van der Waals surface area contributed by atoms with Gasteiger partial charge >= 0.3 is 6.18 Å². The highest BCUT2D eigenvalue weighted by atomic mass is 35.5. The Balaban J connectivity index is 2.10. The lowest BCUT2D eigenvalue weighted by molar-refractivity contribution is -0.137. The number of aromatic amines is 1. The maximum atomic E-state index is 13.7. The van der Waals surface area contributed by atoms with Gasteiger partial charge in [0, 0.05) is 36.0 Å². The number of hydrogen-bond acceptors (Lipinski definition) is 3. The van der Waals surface area contributed by atoms with Crippen LogP contribution in [0, 0.1) is 5.82 Å². The van der Waals surface area contributed by atoms with Gasteiger partial charge in [-0.15, -0.1) is 0 Å². The van der Waals surface area contributed by atoms with E-state index in [0.717, 1.165) is 30.3 Å². The molecule has 0 saturated heterocycles. The number of benzene rings is 2. The molecule has 1 amide bonds. The predicted molar refractivity (Wildman–Crippen MR) is 107 cm³/mol. The highest BCUT2D eigenvalue weighted by molar-refractivity contribution is 6.32. The standard InChI is InChI=1S/C21H15ClF4N2O3/c1-31-18-8-13(23)3-2-11(18)6-12-7-16(21(24,25)26)17(22)10-15(12)20(30)28-14-4-5-27-19(29)9-14/h2-5,7-10H,6H2,1H3,(H2,27,28,29,30)/i1D3. The second kappa shape index (κ2) is 8.81. The van der Waals surface area contributed by atoms with Crippen LogP contribution < -0.4 is 15.6 Å². The first kappa shape index (κ1) is 18.4. The summed E-state index contributed by atoms with van der Waals surface area (Å²) < 4.78 is 80.6. The van der Waals surface area contributed by atoms with E-state index in [1.54, 1.807) is 0 Å². The third-order valence-corrected chi connectivity index (χ3v) is 4.61. The Labute approximate surface area is 182 Å². The molecule has 0 aliphatic rings. The topological polar surface area (TPSA) is 71.2 Å². The Kier molecular flexibility index (Phi) is 5.24. The number of nitrogens with one attached hydrogen (secondary N) is 2. The summed E-state index contributed by atoms with van der Waals surface area (Å²) in [6, 6.07) is 6.76. The van der Waals surface area contributed by atoms with Crippen molar-refractivity contribution in [1.82, 2.24) is 4.98 Å². The fourth-order valence-electron chi connectivity index (χ4n) is 2.89. The van der Waals surface area contributed by atoms with Gasteiger partial charge in [0.2, 0.25) is 5.56 Å². The van der Waals surface area contributed by atoms with Crippen LogP contribution in [0.1, 0.15) is 31.2 Å². The number of carbonyl (C=O) groups excluding carboxylic acids is 1. The fourth-order valence-corrected chi connectivity index (χ4v) is 3.16. The molecular weight excluding hydrogens is 440 g/mol. The molecule has 2 aromatic carbocycles. The molecule has 0 fully saturated rings. The summed E-state index contributed by atoms with van der Waals surface area (Å²) >= 11 is 5.80. The quantitative estimate of drug-likeness (QED) is 0.527. The molecule has 0 saturated carbocycles. The number of aromatic nitrogens is 1. The van der Waals surface area contributed by atoms with Crippen LogP contribution in [-0.4, -0.2) is 17.9 Å². The highest BCUT2D eigenvalue weighted by Gasteiger charge is 2.34. The van der Waals surface area contributed by atoms with E-state index in [4.69, 9.17) is 20.5 Å². The van der Waals surface area contributed by atoms with E-state index < -0.39 is 53.3 Å². The summed E-state index contributed by atoms with van der Waals surface area (Å²) in [5.74, 6) is -2.14. The Morgan fingerprint density at radius 3 is 2.65 bits per heavy atom. The molecule has 2 N–H and O–H groups in total. The molecule has 10 heteroatoms. The summed E-state index contributed by atoms with van der Waals surface area (Å²) in [5, 5.41) is 1.65. The number of pyridine rings is 1. The summed E-state index contributed by atoms with van der Waals surface area (Å²) in [4.78, 5) is 26.7. The second-order valence-electron chi connectivity index (χ2n) is 6.41. The number of ether oxygens (including phenoxy) is 1. The Morgan fingerprint density at radius 2 is 1.97 bits per heavy atom. The van der Waals surface area contributed by atoms with Crippen molar-refractivity contribution in [2.24, 2.45) is 0 Å². The van der Waals surface area contributed by atoms with Crippen molar-refractivity contribution in [3.05, 3.63) is 92.1 Å². The van der Waals surface area contributed by atoms with Crippen LogP contribution >= 0.6 is 11.6 Å². The molecule has 0 radical (unpaired) electrons. The minimum atomic E-state index is -4.85. The molecule has 0 unspecified atom stereocenters. The zero-order valence-electron chi connectivity index (χ0n) is 18.4. The third-order valence-electron chi connectivity index (χ3n) is 4.30. The highest BCUT2D eigenvalue weighted by Crippen LogP contribution is 2.37. The Bertz CT molecular complexity index is 1290. The van der Waals surface area contributed by atoms with Crippen LogP contribution in [0.4, 0.5) is 23.2 Å². The molecule has 0 atom stereocenters. The van der Waals surface area contributed by atoms with Gasteiger partial charge in [-0.3, -0.25) is 9.59 Å². The molecule has 1 aromatic heterocycles. The van der Waals surface area contributed by atoms with Crippen molar-refractivity contribution in [3.8, 4) is 5.75 Å². The van der Waals surface area contributed by atoms with Crippen molar-refractivity contribution in [3.63, 3.8) is 0 Å². The SMILES string of the molecule is [2H]C([2H])([2H])Oc1cc(F)ccc1Cc1cc(C(F)(F)F)c(Cl)cc1C(=O)Nc1cc[nH]c(=O)c1. The molecule has 1 heterocycles. The van der Waals surface area contributed by atoms with Gasteiger partial charge in [0.1, 0.15) is 11.6 Å². The fraction of sp³-hybridized carbons (Fsp3) is 0.143. The van der Waals surface area contributed by atoms with Gasteiger partial charge < -0.3 is 15.0 Å². The maximum Gasteiger partial charge on any atom is 0.417 e. The lowest BCUT2D eigenvalue weighted by atomic mass is 9.96. The molecule has 0 aliphatic carbocycles. The number of hydrogen-bond donors (Lipinski definition) is 2. The Hall–Kier alpha value is -3.33. The molecule has 5 nitrogen and oxygen atoms in total. The van der Waals surface area contributed by atoms with Gasteiger partial charge in [0.15, 0.2) is 0 Å². The van der Waals surface area contributed by atoms with Crippen LogP contribution in [0.15, 0.2) is 53.5 Å². The monoisotopic (exact) mass is 457 g/mol. The molecule has 3 rings (SSSR count). The first-order valence-electron chi connectivity index (χ1n) is 10.1. The first-order valence-corrected chi connectivity index (χ1v) is 8.98. The molecule has 162 valence electrons. The van der Waals surface area contributed by atoms with Gasteiger partial charge in [0.05, 0.1) is 21.7 Å². The minimum Gasteiger partial charge on any atom is -0.496 e. The van der Waals surface area contributed by atoms with Crippen LogP contribution in [0.25, 0.3) is 0 Å². The predicted octanol–water partition coefficient (Wildman–Crippen LogP) is 5.04. The van der Waals surface area contributed by atoms with E-state index >= 15 is 0 Å². The van der Waals surface area contributed by atoms with Gasteiger partial charge in [0.25, 0.3) is 5.91 Å². The molecule has 0 spiro atoms. The first-order chi connectivity index (χ1) is 15.7. The number of H-pyrrole nitrogens is 1. The Morgan fingerprint density at radius 1 is 1.19 bits per heavy atom. The number of rotatable bonds is 5.